The number of ether oxygens (including phenoxy) is 1. The molecule has 1 heterocycles. The van der Waals surface area contributed by atoms with Gasteiger partial charge in [0.05, 0.1) is 11.6 Å². The first-order valence-electron chi connectivity index (χ1n) is 6.39. The van der Waals surface area contributed by atoms with Crippen molar-refractivity contribution in [2.45, 2.75) is 19.3 Å². The minimum Gasteiger partial charge on any atom is -0.492 e. The number of rotatable bonds is 6. The van der Waals surface area contributed by atoms with Crippen molar-refractivity contribution in [2.75, 3.05) is 26.2 Å². The largest absolute Gasteiger partial charge is 0.492 e. The van der Waals surface area contributed by atoms with Crippen LogP contribution in [0.3, 0.4) is 0 Å². The molecule has 2 rings (SSSR count). The summed E-state index contributed by atoms with van der Waals surface area (Å²) in [7, 11) is 0. The number of aldehydes is 1. The molecule has 1 aliphatic heterocycles. The van der Waals surface area contributed by atoms with Gasteiger partial charge in [-0.25, -0.2) is 0 Å². The van der Waals surface area contributed by atoms with Crippen molar-refractivity contribution >= 4 is 17.9 Å². The van der Waals surface area contributed by atoms with Crippen LogP contribution >= 0.6 is 11.6 Å². The van der Waals surface area contributed by atoms with Gasteiger partial charge in [0.2, 0.25) is 0 Å². The van der Waals surface area contributed by atoms with E-state index in [4.69, 9.17) is 16.3 Å². The van der Waals surface area contributed by atoms with E-state index in [1.807, 2.05) is 0 Å². The number of nitrogens with zero attached hydrogens (tertiary/aromatic N) is 1. The molecule has 1 saturated heterocycles. The van der Waals surface area contributed by atoms with E-state index in [2.05, 4.69) is 4.90 Å². The molecule has 0 amide bonds. The number of carbonyl (C=O) groups is 1. The van der Waals surface area contributed by atoms with Crippen LogP contribution in [0.25, 0.3) is 0 Å². The third-order valence-electron chi connectivity index (χ3n) is 3.17. The van der Waals surface area contributed by atoms with Crippen LogP contribution in [0.2, 0.25) is 5.02 Å². The first-order chi connectivity index (χ1) is 8.79. The zero-order valence-electron chi connectivity index (χ0n) is 10.4. The first-order valence-corrected chi connectivity index (χ1v) is 6.77. The second-order valence-corrected chi connectivity index (χ2v) is 4.97. The van der Waals surface area contributed by atoms with Crippen LogP contribution < -0.4 is 4.74 Å². The zero-order chi connectivity index (χ0) is 12.8. The predicted octanol–water partition coefficient (Wildman–Crippen LogP) is 3.02. The van der Waals surface area contributed by atoms with Crippen molar-refractivity contribution in [3.8, 4) is 5.75 Å². The van der Waals surface area contributed by atoms with E-state index >= 15 is 0 Å². The van der Waals surface area contributed by atoms with E-state index < -0.39 is 0 Å². The molecule has 1 aromatic rings. The van der Waals surface area contributed by atoms with Gasteiger partial charge in [0.15, 0.2) is 0 Å². The molecule has 1 aromatic carbocycles. The van der Waals surface area contributed by atoms with Crippen molar-refractivity contribution in [1.29, 1.82) is 0 Å². The highest BCUT2D eigenvalue weighted by atomic mass is 35.5. The molecule has 4 heteroatoms. The fourth-order valence-electron chi connectivity index (χ4n) is 2.18. The maximum absolute atomic E-state index is 10.6. The Labute approximate surface area is 113 Å². The van der Waals surface area contributed by atoms with Crippen molar-refractivity contribution in [3.05, 3.63) is 28.8 Å². The van der Waals surface area contributed by atoms with Crippen LogP contribution in [0.4, 0.5) is 0 Å². The summed E-state index contributed by atoms with van der Waals surface area (Å²) in [5, 5.41) is 0.501. The Kier molecular flexibility index (Phi) is 5.02. The van der Waals surface area contributed by atoms with Gasteiger partial charge >= 0.3 is 0 Å². The molecule has 0 spiro atoms. The number of likely N-dealkylation sites (tertiary alicyclic amines) is 1. The minimum absolute atomic E-state index is 0.501. The number of hydrogen-bond donors (Lipinski definition) is 0. The normalized spacial score (nSPS) is 15.8. The lowest BCUT2D eigenvalue weighted by Gasteiger charge is -2.14. The van der Waals surface area contributed by atoms with Crippen LogP contribution in [0, 0.1) is 0 Å². The van der Waals surface area contributed by atoms with E-state index in [0.717, 1.165) is 19.3 Å². The molecule has 1 aliphatic rings. The maximum Gasteiger partial charge on any atom is 0.150 e. The molecule has 3 nitrogen and oxygen atoms in total. The van der Waals surface area contributed by atoms with Crippen molar-refractivity contribution in [3.63, 3.8) is 0 Å². The highest BCUT2D eigenvalue weighted by molar-refractivity contribution is 6.32. The van der Waals surface area contributed by atoms with Crippen LogP contribution in [-0.4, -0.2) is 37.4 Å². The van der Waals surface area contributed by atoms with Gasteiger partial charge in [-0.15, -0.1) is 0 Å². The van der Waals surface area contributed by atoms with Crippen LogP contribution in [0.1, 0.15) is 29.6 Å². The van der Waals surface area contributed by atoms with Gasteiger partial charge in [-0.3, -0.25) is 4.79 Å². The van der Waals surface area contributed by atoms with Crippen molar-refractivity contribution in [2.24, 2.45) is 0 Å². The molecule has 1 fully saturated rings. The Morgan fingerprint density at radius 1 is 1.33 bits per heavy atom. The molecule has 0 unspecified atom stereocenters. The second kappa shape index (κ2) is 6.76. The Hall–Kier alpha value is -1.06. The molecule has 0 aromatic heterocycles. The van der Waals surface area contributed by atoms with E-state index in [-0.39, 0.29) is 0 Å². The fraction of sp³-hybridized carbons (Fsp3) is 0.500. The molecule has 0 atom stereocenters. The molecule has 0 aliphatic carbocycles. The zero-order valence-corrected chi connectivity index (χ0v) is 11.2. The van der Waals surface area contributed by atoms with Crippen LogP contribution in [0.5, 0.6) is 5.75 Å². The summed E-state index contributed by atoms with van der Waals surface area (Å²) in [4.78, 5) is 13.0. The van der Waals surface area contributed by atoms with Gasteiger partial charge in [-0.1, -0.05) is 11.6 Å². The van der Waals surface area contributed by atoms with E-state index in [9.17, 15) is 4.79 Å². The van der Waals surface area contributed by atoms with Gasteiger partial charge < -0.3 is 9.64 Å². The van der Waals surface area contributed by atoms with Crippen molar-refractivity contribution in [1.82, 2.24) is 4.90 Å². The number of hydrogen-bond acceptors (Lipinski definition) is 3. The second-order valence-electron chi connectivity index (χ2n) is 4.56. The summed E-state index contributed by atoms with van der Waals surface area (Å²) >= 11 is 6.02. The Morgan fingerprint density at radius 3 is 2.78 bits per heavy atom. The SMILES string of the molecule is O=Cc1ccc(OCCCN2CCCC2)c(Cl)c1. The lowest BCUT2D eigenvalue weighted by Crippen LogP contribution is -2.21. The molecule has 0 saturated carbocycles. The van der Waals surface area contributed by atoms with E-state index in [0.29, 0.717) is 22.9 Å². The Bertz CT molecular complexity index is 403. The standard InChI is InChI=1S/C14H18ClNO2/c15-13-10-12(11-17)4-5-14(13)18-9-3-8-16-6-1-2-7-16/h4-5,10-11H,1-3,6-9H2. The molecule has 18 heavy (non-hydrogen) atoms. The summed E-state index contributed by atoms with van der Waals surface area (Å²) in [5.41, 5.74) is 0.574. The Morgan fingerprint density at radius 2 is 2.11 bits per heavy atom. The van der Waals surface area contributed by atoms with Crippen molar-refractivity contribution < 1.29 is 9.53 Å². The van der Waals surface area contributed by atoms with Gasteiger partial charge in [0.25, 0.3) is 0 Å². The summed E-state index contributed by atoms with van der Waals surface area (Å²) in [5.74, 6) is 0.656. The maximum atomic E-state index is 10.6. The average Bonchev–Trinajstić information content (AvgIpc) is 2.89. The Balaban J connectivity index is 1.74. The smallest absolute Gasteiger partial charge is 0.150 e. The average molecular weight is 268 g/mol. The summed E-state index contributed by atoms with van der Waals surface area (Å²) in [6.45, 7) is 4.18. The summed E-state index contributed by atoms with van der Waals surface area (Å²) in [6, 6.07) is 5.10. The van der Waals surface area contributed by atoms with Crippen LogP contribution in [-0.2, 0) is 0 Å². The monoisotopic (exact) mass is 267 g/mol. The predicted molar refractivity (Wildman–Crippen MR) is 72.6 cm³/mol. The third-order valence-corrected chi connectivity index (χ3v) is 3.46. The molecular formula is C14H18ClNO2. The first kappa shape index (κ1) is 13.4. The van der Waals surface area contributed by atoms with Gasteiger partial charge in [0, 0.05) is 12.1 Å². The summed E-state index contributed by atoms with van der Waals surface area (Å²) in [6.07, 6.45) is 4.43. The lowest BCUT2D eigenvalue weighted by atomic mass is 10.2. The van der Waals surface area contributed by atoms with E-state index in [1.54, 1.807) is 18.2 Å². The molecule has 98 valence electrons. The quantitative estimate of drug-likeness (QED) is 0.586. The fourth-order valence-corrected chi connectivity index (χ4v) is 2.43. The van der Waals surface area contributed by atoms with E-state index in [1.165, 1.54) is 25.9 Å². The highest BCUT2D eigenvalue weighted by Gasteiger charge is 2.10. The number of benzene rings is 1. The van der Waals surface area contributed by atoms with Crippen LogP contribution in [0.15, 0.2) is 18.2 Å². The summed E-state index contributed by atoms with van der Waals surface area (Å²) < 4.78 is 5.62. The number of carbonyl (C=O) groups excluding carboxylic acids is 1. The third kappa shape index (κ3) is 3.72. The lowest BCUT2D eigenvalue weighted by molar-refractivity contribution is 0.112. The molecular weight excluding hydrogens is 250 g/mol. The minimum atomic E-state index is 0.501. The molecule has 0 N–H and O–H groups in total. The van der Waals surface area contributed by atoms with Gasteiger partial charge in [-0.2, -0.15) is 0 Å². The van der Waals surface area contributed by atoms with Gasteiger partial charge in [-0.05, 0) is 50.6 Å². The molecule has 0 radical (unpaired) electrons. The van der Waals surface area contributed by atoms with Gasteiger partial charge in [0.1, 0.15) is 12.0 Å². The highest BCUT2D eigenvalue weighted by Crippen LogP contribution is 2.25. The number of halogens is 1. The topological polar surface area (TPSA) is 29.5 Å². The molecule has 0 bridgehead atoms.